The summed E-state index contributed by atoms with van der Waals surface area (Å²) in [7, 11) is 0. The maximum atomic E-state index is 12.3. The van der Waals surface area contributed by atoms with Gasteiger partial charge in [0.1, 0.15) is 5.82 Å². The van der Waals surface area contributed by atoms with Crippen molar-refractivity contribution < 1.29 is 9.59 Å². The van der Waals surface area contributed by atoms with Crippen LogP contribution in [0.1, 0.15) is 39.4 Å². The summed E-state index contributed by atoms with van der Waals surface area (Å²) in [5, 5.41) is 5.89. The van der Waals surface area contributed by atoms with E-state index >= 15 is 0 Å². The van der Waals surface area contributed by atoms with E-state index < -0.39 is 0 Å². The average Bonchev–Trinajstić information content (AvgIpc) is 2.60. The Kier molecular flexibility index (Phi) is 6.52. The minimum atomic E-state index is -0.128. The summed E-state index contributed by atoms with van der Waals surface area (Å²) < 4.78 is 0. The minimum absolute atomic E-state index is 0.00675. The number of carbonyl (C=O) groups excluding carboxylic acids is 2. The van der Waals surface area contributed by atoms with Crippen LogP contribution in [0, 0.1) is 11.8 Å². The van der Waals surface area contributed by atoms with Gasteiger partial charge in [-0.25, -0.2) is 14.8 Å². The number of rotatable bonds is 5. The third-order valence-corrected chi connectivity index (χ3v) is 4.54. The Morgan fingerprint density at radius 2 is 1.83 bits per heavy atom. The van der Waals surface area contributed by atoms with Crippen LogP contribution < -0.4 is 10.6 Å². The number of nitrogens with one attached hydrogen (secondary N) is 2. The predicted octanol–water partition coefficient (Wildman–Crippen LogP) is 1.56. The number of hydrogen-bond acceptors (Lipinski definition) is 4. The molecule has 2 rings (SSSR count). The van der Waals surface area contributed by atoms with Gasteiger partial charge in [0.05, 0.1) is 6.54 Å². The van der Waals surface area contributed by atoms with Crippen LogP contribution >= 0.6 is 0 Å². The number of piperidine rings is 1. The van der Waals surface area contributed by atoms with Crippen molar-refractivity contribution >= 4 is 11.9 Å². The Morgan fingerprint density at radius 1 is 1.21 bits per heavy atom. The zero-order chi connectivity index (χ0) is 17.5. The minimum Gasteiger partial charge on any atom is -0.353 e. The average molecular weight is 333 g/mol. The highest BCUT2D eigenvalue weighted by Crippen LogP contribution is 2.18. The lowest BCUT2D eigenvalue weighted by atomic mass is 9.95. The molecule has 2 N–H and O–H groups in total. The zero-order valence-electron chi connectivity index (χ0n) is 14.7. The molecule has 1 saturated heterocycles. The monoisotopic (exact) mass is 333 g/mol. The Bertz CT molecular complexity index is 541. The molecule has 0 saturated carbocycles. The normalized spacial score (nSPS) is 16.8. The maximum absolute atomic E-state index is 12.3. The Hall–Kier alpha value is -2.18. The quantitative estimate of drug-likeness (QED) is 0.856. The summed E-state index contributed by atoms with van der Waals surface area (Å²) in [5.74, 6) is 1.10. The van der Waals surface area contributed by atoms with E-state index in [-0.39, 0.29) is 23.9 Å². The van der Waals surface area contributed by atoms with E-state index in [9.17, 15) is 9.59 Å². The molecule has 1 aromatic heterocycles. The lowest BCUT2D eigenvalue weighted by molar-refractivity contribution is -0.127. The summed E-state index contributed by atoms with van der Waals surface area (Å²) in [5.41, 5.74) is 0. The molecule has 0 bridgehead atoms. The maximum Gasteiger partial charge on any atom is 0.317 e. The zero-order valence-corrected chi connectivity index (χ0v) is 14.7. The van der Waals surface area contributed by atoms with E-state index in [0.717, 1.165) is 0 Å². The van der Waals surface area contributed by atoms with Crippen molar-refractivity contribution in [2.24, 2.45) is 11.8 Å². The van der Waals surface area contributed by atoms with Crippen molar-refractivity contribution in [3.63, 3.8) is 0 Å². The predicted molar refractivity (Wildman–Crippen MR) is 91.0 cm³/mol. The fraction of sp³-hybridized carbons (Fsp3) is 0.647. The van der Waals surface area contributed by atoms with E-state index in [0.29, 0.717) is 44.2 Å². The number of carbonyl (C=O) groups is 2. The number of aromatic nitrogens is 2. The van der Waals surface area contributed by atoms with E-state index in [1.54, 1.807) is 23.4 Å². The van der Waals surface area contributed by atoms with E-state index in [1.165, 1.54) is 0 Å². The van der Waals surface area contributed by atoms with Crippen molar-refractivity contribution in [2.75, 3.05) is 13.1 Å². The van der Waals surface area contributed by atoms with Crippen molar-refractivity contribution in [3.05, 3.63) is 24.3 Å². The second-order valence-corrected chi connectivity index (χ2v) is 6.63. The van der Waals surface area contributed by atoms with Gasteiger partial charge in [-0.05, 0) is 31.7 Å². The first-order chi connectivity index (χ1) is 11.5. The lowest BCUT2D eigenvalue weighted by Crippen LogP contribution is -2.48. The molecule has 1 aliphatic rings. The van der Waals surface area contributed by atoms with Gasteiger partial charge in [-0.15, -0.1) is 0 Å². The molecule has 0 spiro atoms. The van der Waals surface area contributed by atoms with Crippen LogP contribution in [0.15, 0.2) is 18.5 Å². The standard InChI is InChI=1S/C17H27N5O2/c1-12(2)13(3)21-16(23)14-5-9-22(10-6-14)17(24)20-11-15-18-7-4-8-19-15/h4,7-8,12-14H,5-6,9-11H2,1-3H3,(H,20,24)(H,21,23). The Balaban J connectivity index is 1.73. The second kappa shape index (κ2) is 8.61. The first-order valence-corrected chi connectivity index (χ1v) is 8.56. The fourth-order valence-corrected chi connectivity index (χ4v) is 2.54. The number of nitrogens with zero attached hydrogens (tertiary/aromatic N) is 3. The summed E-state index contributed by atoms with van der Waals surface area (Å²) in [4.78, 5) is 34.3. The number of amides is 3. The van der Waals surface area contributed by atoms with Gasteiger partial charge in [0, 0.05) is 37.4 Å². The highest BCUT2D eigenvalue weighted by atomic mass is 16.2. The summed E-state index contributed by atoms with van der Waals surface area (Å²) >= 11 is 0. The second-order valence-electron chi connectivity index (χ2n) is 6.63. The molecule has 132 valence electrons. The van der Waals surface area contributed by atoms with Gasteiger partial charge in [0.15, 0.2) is 0 Å². The van der Waals surface area contributed by atoms with Crippen LogP contribution in [-0.4, -0.2) is 45.9 Å². The molecular formula is C17H27N5O2. The molecule has 2 heterocycles. The molecular weight excluding hydrogens is 306 g/mol. The lowest BCUT2D eigenvalue weighted by Gasteiger charge is -2.32. The fourth-order valence-electron chi connectivity index (χ4n) is 2.54. The van der Waals surface area contributed by atoms with E-state index in [1.807, 2.05) is 6.92 Å². The van der Waals surface area contributed by atoms with Gasteiger partial charge < -0.3 is 15.5 Å². The van der Waals surface area contributed by atoms with Crippen LogP contribution in [0.4, 0.5) is 4.79 Å². The summed E-state index contributed by atoms with van der Waals surface area (Å²) in [6, 6.07) is 1.78. The molecule has 3 amide bonds. The molecule has 1 atom stereocenters. The Labute approximate surface area is 143 Å². The van der Waals surface area contributed by atoms with Crippen molar-refractivity contribution in [2.45, 2.75) is 46.2 Å². The van der Waals surface area contributed by atoms with Crippen LogP contribution in [0.2, 0.25) is 0 Å². The van der Waals surface area contributed by atoms with Gasteiger partial charge in [-0.3, -0.25) is 4.79 Å². The summed E-state index contributed by atoms with van der Waals surface area (Å²) in [6.07, 6.45) is 4.70. The molecule has 0 aromatic carbocycles. The van der Waals surface area contributed by atoms with Crippen molar-refractivity contribution in [1.82, 2.24) is 25.5 Å². The number of likely N-dealkylation sites (tertiary alicyclic amines) is 1. The first-order valence-electron chi connectivity index (χ1n) is 8.56. The number of urea groups is 1. The molecule has 1 unspecified atom stereocenters. The van der Waals surface area contributed by atoms with Gasteiger partial charge in [-0.1, -0.05) is 13.8 Å². The SMILES string of the molecule is CC(C)C(C)NC(=O)C1CCN(C(=O)NCc2ncccn2)CC1. The third kappa shape index (κ3) is 5.18. The van der Waals surface area contributed by atoms with Gasteiger partial charge in [0.25, 0.3) is 0 Å². The smallest absolute Gasteiger partial charge is 0.317 e. The summed E-state index contributed by atoms with van der Waals surface area (Å²) in [6.45, 7) is 7.71. The van der Waals surface area contributed by atoms with Gasteiger partial charge in [-0.2, -0.15) is 0 Å². The Morgan fingerprint density at radius 3 is 2.42 bits per heavy atom. The molecule has 0 radical (unpaired) electrons. The molecule has 1 aromatic rings. The molecule has 24 heavy (non-hydrogen) atoms. The van der Waals surface area contributed by atoms with Crippen LogP contribution in [0.5, 0.6) is 0 Å². The van der Waals surface area contributed by atoms with Crippen LogP contribution in [0.3, 0.4) is 0 Å². The molecule has 7 heteroatoms. The van der Waals surface area contributed by atoms with E-state index in [4.69, 9.17) is 0 Å². The first kappa shape index (κ1) is 18.2. The van der Waals surface area contributed by atoms with Crippen molar-refractivity contribution in [1.29, 1.82) is 0 Å². The van der Waals surface area contributed by atoms with Crippen molar-refractivity contribution in [3.8, 4) is 0 Å². The molecule has 0 aliphatic carbocycles. The van der Waals surface area contributed by atoms with Gasteiger partial charge in [0.2, 0.25) is 5.91 Å². The highest BCUT2D eigenvalue weighted by molar-refractivity contribution is 5.80. The molecule has 7 nitrogen and oxygen atoms in total. The van der Waals surface area contributed by atoms with Crippen LogP contribution in [-0.2, 0) is 11.3 Å². The molecule has 1 fully saturated rings. The third-order valence-electron chi connectivity index (χ3n) is 4.54. The largest absolute Gasteiger partial charge is 0.353 e. The topological polar surface area (TPSA) is 87.2 Å². The highest BCUT2D eigenvalue weighted by Gasteiger charge is 2.28. The molecule has 1 aliphatic heterocycles. The van der Waals surface area contributed by atoms with Crippen LogP contribution in [0.25, 0.3) is 0 Å². The van der Waals surface area contributed by atoms with Gasteiger partial charge >= 0.3 is 6.03 Å². The van der Waals surface area contributed by atoms with E-state index in [2.05, 4.69) is 34.4 Å². The number of hydrogen-bond donors (Lipinski definition) is 2.